The van der Waals surface area contributed by atoms with Gasteiger partial charge in [0, 0.05) is 6.42 Å². The van der Waals surface area contributed by atoms with Gasteiger partial charge in [-0.2, -0.15) is 0 Å². The van der Waals surface area contributed by atoms with E-state index in [-0.39, 0.29) is 0 Å². The smallest absolute Gasteiger partial charge is 0.159 e. The molecule has 0 aliphatic heterocycles. The van der Waals surface area contributed by atoms with Crippen LogP contribution in [-0.2, 0) is 6.42 Å². The van der Waals surface area contributed by atoms with Gasteiger partial charge in [0.15, 0.2) is 5.15 Å². The summed E-state index contributed by atoms with van der Waals surface area (Å²) in [6.07, 6.45) is 3.76. The van der Waals surface area contributed by atoms with E-state index in [4.69, 9.17) is 11.6 Å². The number of aryl methyl sites for hydroxylation is 1. The first-order valence-corrected chi connectivity index (χ1v) is 6.21. The highest BCUT2D eigenvalue weighted by atomic mass is 35.5. The summed E-state index contributed by atoms with van der Waals surface area (Å²) in [6, 6.07) is 0. The molecule has 1 aliphatic carbocycles. The minimum Gasteiger partial charge on any atom is -0.236 e. The lowest BCUT2D eigenvalue weighted by molar-refractivity contribution is 0.826. The number of aromatic nitrogens is 3. The number of rotatable bonds is 2. The summed E-state index contributed by atoms with van der Waals surface area (Å²) in [5.74, 6) is 1.56. The van der Waals surface area contributed by atoms with Crippen LogP contribution in [0, 0.1) is 12.8 Å². The van der Waals surface area contributed by atoms with E-state index < -0.39 is 0 Å². The van der Waals surface area contributed by atoms with Gasteiger partial charge in [-0.3, -0.25) is 0 Å². The van der Waals surface area contributed by atoms with Crippen LogP contribution in [0.4, 0.5) is 0 Å². The van der Waals surface area contributed by atoms with Gasteiger partial charge >= 0.3 is 0 Å². The highest BCUT2D eigenvalue weighted by Crippen LogP contribution is 2.35. The van der Waals surface area contributed by atoms with Crippen molar-refractivity contribution in [3.05, 3.63) is 16.0 Å². The molecule has 2 aromatic heterocycles. The molecule has 1 aliphatic rings. The zero-order chi connectivity index (χ0) is 10.4. The fraction of sp³-hybridized carbons (Fsp3) is 0.500. The van der Waals surface area contributed by atoms with E-state index in [1.165, 1.54) is 12.8 Å². The predicted molar refractivity (Wildman–Crippen MR) is 61.4 cm³/mol. The second-order valence-electron chi connectivity index (χ2n) is 3.97. The second kappa shape index (κ2) is 3.39. The zero-order valence-electron chi connectivity index (χ0n) is 8.33. The molecule has 0 saturated heterocycles. The Labute approximate surface area is 96.5 Å². The monoisotopic (exact) mass is 239 g/mol. The van der Waals surface area contributed by atoms with Crippen LogP contribution in [0.25, 0.3) is 10.3 Å². The van der Waals surface area contributed by atoms with Crippen LogP contribution >= 0.6 is 22.9 Å². The molecule has 0 bridgehead atoms. The Morgan fingerprint density at radius 1 is 1.33 bits per heavy atom. The van der Waals surface area contributed by atoms with Gasteiger partial charge in [-0.25, -0.2) is 15.0 Å². The zero-order valence-corrected chi connectivity index (χ0v) is 9.90. The van der Waals surface area contributed by atoms with Gasteiger partial charge in [-0.15, -0.1) is 0 Å². The molecule has 0 spiro atoms. The number of nitrogens with zero attached hydrogens (tertiary/aromatic N) is 3. The summed E-state index contributed by atoms with van der Waals surface area (Å²) in [5.41, 5.74) is 0.767. The van der Waals surface area contributed by atoms with Crippen LogP contribution < -0.4 is 0 Å². The third kappa shape index (κ3) is 1.84. The van der Waals surface area contributed by atoms with Gasteiger partial charge in [0.1, 0.15) is 16.2 Å². The quantitative estimate of drug-likeness (QED) is 0.757. The van der Waals surface area contributed by atoms with E-state index >= 15 is 0 Å². The number of halogens is 1. The molecule has 3 rings (SSSR count). The van der Waals surface area contributed by atoms with Crippen LogP contribution in [0.2, 0.25) is 5.15 Å². The first-order chi connectivity index (χ1) is 7.22. The van der Waals surface area contributed by atoms with Crippen molar-refractivity contribution in [2.75, 3.05) is 0 Å². The molecule has 0 radical (unpaired) electrons. The van der Waals surface area contributed by atoms with Gasteiger partial charge in [-0.1, -0.05) is 22.9 Å². The largest absolute Gasteiger partial charge is 0.236 e. The van der Waals surface area contributed by atoms with Gasteiger partial charge in [0.25, 0.3) is 0 Å². The molecular formula is C10H10ClN3S. The number of hydrogen-bond acceptors (Lipinski definition) is 4. The molecule has 2 heterocycles. The summed E-state index contributed by atoms with van der Waals surface area (Å²) < 4.78 is 0. The van der Waals surface area contributed by atoms with Crippen LogP contribution in [0.3, 0.4) is 0 Å². The molecular weight excluding hydrogens is 230 g/mol. The van der Waals surface area contributed by atoms with Crippen molar-refractivity contribution < 1.29 is 0 Å². The number of fused-ring (bicyclic) bond motifs is 1. The van der Waals surface area contributed by atoms with E-state index in [0.717, 1.165) is 27.7 Å². The SMILES string of the molecule is Cc1nc(Cl)c2nc(CC3CC3)sc2n1. The van der Waals surface area contributed by atoms with E-state index in [0.29, 0.717) is 11.0 Å². The van der Waals surface area contributed by atoms with Crippen molar-refractivity contribution in [3.8, 4) is 0 Å². The summed E-state index contributed by atoms with van der Waals surface area (Å²) in [5, 5.41) is 1.63. The third-order valence-corrected chi connectivity index (χ3v) is 3.77. The average molecular weight is 240 g/mol. The molecule has 1 saturated carbocycles. The van der Waals surface area contributed by atoms with Crippen LogP contribution in [-0.4, -0.2) is 15.0 Å². The van der Waals surface area contributed by atoms with E-state index in [1.807, 2.05) is 6.92 Å². The van der Waals surface area contributed by atoms with E-state index in [9.17, 15) is 0 Å². The fourth-order valence-electron chi connectivity index (χ4n) is 1.59. The molecule has 78 valence electrons. The average Bonchev–Trinajstić information content (AvgIpc) is 2.85. The standard InChI is InChI=1S/C10H10ClN3S/c1-5-12-9(11)8-10(13-5)15-7(14-8)4-6-2-3-6/h6H,2-4H2,1H3. The Balaban J connectivity index is 2.07. The topological polar surface area (TPSA) is 38.7 Å². The minimum atomic E-state index is 0.482. The van der Waals surface area contributed by atoms with Gasteiger partial charge in [0.05, 0.1) is 5.01 Å². The highest BCUT2D eigenvalue weighted by Gasteiger charge is 2.23. The minimum absolute atomic E-state index is 0.482. The van der Waals surface area contributed by atoms with E-state index in [1.54, 1.807) is 11.3 Å². The third-order valence-electron chi connectivity index (χ3n) is 2.53. The lowest BCUT2D eigenvalue weighted by atomic mass is 10.3. The van der Waals surface area contributed by atoms with Crippen molar-refractivity contribution in [2.24, 2.45) is 5.92 Å². The number of thiazole rings is 1. The van der Waals surface area contributed by atoms with Crippen molar-refractivity contribution in [2.45, 2.75) is 26.2 Å². The van der Waals surface area contributed by atoms with Crippen molar-refractivity contribution in [3.63, 3.8) is 0 Å². The molecule has 0 unspecified atom stereocenters. The second-order valence-corrected chi connectivity index (χ2v) is 5.39. The molecule has 0 atom stereocenters. The van der Waals surface area contributed by atoms with Crippen molar-refractivity contribution >= 4 is 33.3 Å². The summed E-state index contributed by atoms with van der Waals surface area (Å²) in [6.45, 7) is 1.85. The maximum Gasteiger partial charge on any atom is 0.159 e. The Kier molecular flexibility index (Phi) is 2.14. The maximum absolute atomic E-state index is 6.02. The number of hydrogen-bond donors (Lipinski definition) is 0. The molecule has 0 aromatic carbocycles. The van der Waals surface area contributed by atoms with Crippen molar-refractivity contribution in [1.82, 2.24) is 15.0 Å². The Bertz CT molecular complexity index is 519. The first-order valence-electron chi connectivity index (χ1n) is 5.02. The molecule has 0 amide bonds. The molecule has 2 aromatic rings. The predicted octanol–water partition coefficient (Wildman–Crippen LogP) is 3.00. The molecule has 0 N–H and O–H groups in total. The summed E-state index contributed by atoms with van der Waals surface area (Å²) in [7, 11) is 0. The first kappa shape index (κ1) is 9.48. The molecule has 1 fully saturated rings. The lowest BCUT2D eigenvalue weighted by Gasteiger charge is -1.92. The van der Waals surface area contributed by atoms with Crippen LogP contribution in [0.1, 0.15) is 23.7 Å². The fourth-order valence-corrected chi connectivity index (χ4v) is 2.99. The molecule has 3 nitrogen and oxygen atoms in total. The highest BCUT2D eigenvalue weighted by molar-refractivity contribution is 7.18. The molecule has 15 heavy (non-hydrogen) atoms. The van der Waals surface area contributed by atoms with E-state index in [2.05, 4.69) is 15.0 Å². The summed E-state index contributed by atoms with van der Waals surface area (Å²) >= 11 is 7.67. The van der Waals surface area contributed by atoms with Crippen molar-refractivity contribution in [1.29, 1.82) is 0 Å². The van der Waals surface area contributed by atoms with Crippen LogP contribution in [0.15, 0.2) is 0 Å². The van der Waals surface area contributed by atoms with Gasteiger partial charge in [0.2, 0.25) is 0 Å². The normalized spacial score (nSPS) is 16.1. The Morgan fingerprint density at radius 2 is 2.13 bits per heavy atom. The molecule has 5 heteroatoms. The maximum atomic E-state index is 6.02. The Morgan fingerprint density at radius 3 is 2.87 bits per heavy atom. The van der Waals surface area contributed by atoms with Gasteiger partial charge < -0.3 is 0 Å². The summed E-state index contributed by atoms with van der Waals surface area (Å²) in [4.78, 5) is 13.9. The van der Waals surface area contributed by atoms with Crippen LogP contribution in [0.5, 0.6) is 0 Å². The van der Waals surface area contributed by atoms with Gasteiger partial charge in [-0.05, 0) is 25.7 Å². The Hall–Kier alpha value is -0.740. The lowest BCUT2D eigenvalue weighted by Crippen LogP contribution is -1.88.